The van der Waals surface area contributed by atoms with Crippen LogP contribution in [0.1, 0.15) is 55.6 Å². The molecule has 35 heavy (non-hydrogen) atoms. The van der Waals surface area contributed by atoms with E-state index in [4.69, 9.17) is 9.84 Å². The maximum Gasteiger partial charge on any atom is 0.407 e. The Hall–Kier alpha value is -3.35. The molecule has 2 aromatic rings. The second kappa shape index (κ2) is 10.1. The zero-order chi connectivity index (χ0) is 24.4. The molecular weight excluding hydrogens is 444 g/mol. The van der Waals surface area contributed by atoms with Crippen LogP contribution < -0.4 is 10.6 Å². The third-order valence-electron chi connectivity index (χ3n) is 7.73. The Morgan fingerprint density at radius 3 is 2.23 bits per heavy atom. The largest absolute Gasteiger partial charge is 0.481 e. The van der Waals surface area contributed by atoms with E-state index in [0.29, 0.717) is 25.3 Å². The Morgan fingerprint density at radius 2 is 1.60 bits per heavy atom. The summed E-state index contributed by atoms with van der Waals surface area (Å²) in [5.41, 5.74) is 4.72. The number of carbonyl (C=O) groups excluding carboxylic acids is 2. The molecule has 1 unspecified atom stereocenters. The number of carboxylic acids is 1. The summed E-state index contributed by atoms with van der Waals surface area (Å²) in [4.78, 5) is 36.3. The molecule has 0 aliphatic heterocycles. The van der Waals surface area contributed by atoms with E-state index in [1.54, 1.807) is 0 Å². The number of carboxylic acid groups (broad SMARTS) is 1. The summed E-state index contributed by atoms with van der Waals surface area (Å²) >= 11 is 0. The van der Waals surface area contributed by atoms with Gasteiger partial charge in [0.25, 0.3) is 0 Å². The van der Waals surface area contributed by atoms with E-state index in [-0.39, 0.29) is 42.7 Å². The number of hydrogen-bond donors (Lipinski definition) is 3. The second-order valence-electron chi connectivity index (χ2n) is 10.1. The van der Waals surface area contributed by atoms with Gasteiger partial charge in [-0.25, -0.2) is 4.79 Å². The van der Waals surface area contributed by atoms with Crippen LogP contribution in [0.15, 0.2) is 48.5 Å². The van der Waals surface area contributed by atoms with Crippen LogP contribution in [0.3, 0.4) is 0 Å². The number of carbonyl (C=O) groups is 3. The number of ether oxygens (including phenoxy) is 1. The van der Waals surface area contributed by atoms with E-state index < -0.39 is 12.1 Å². The smallest absolute Gasteiger partial charge is 0.407 e. The Balaban J connectivity index is 1.09. The summed E-state index contributed by atoms with van der Waals surface area (Å²) in [6.45, 7) is 0.680. The van der Waals surface area contributed by atoms with E-state index in [1.807, 2.05) is 24.3 Å². The predicted molar refractivity (Wildman–Crippen MR) is 131 cm³/mol. The molecule has 3 aliphatic rings. The molecule has 3 aliphatic carbocycles. The molecule has 2 saturated carbocycles. The fourth-order valence-corrected chi connectivity index (χ4v) is 5.73. The number of fused-ring (bicyclic) bond motifs is 3. The minimum absolute atomic E-state index is 0.00704. The third kappa shape index (κ3) is 5.34. The zero-order valence-corrected chi connectivity index (χ0v) is 19.7. The van der Waals surface area contributed by atoms with Crippen molar-refractivity contribution in [3.63, 3.8) is 0 Å². The molecule has 3 N–H and O–H groups in total. The third-order valence-corrected chi connectivity index (χ3v) is 7.73. The minimum Gasteiger partial charge on any atom is -0.481 e. The Labute approximate surface area is 205 Å². The van der Waals surface area contributed by atoms with Gasteiger partial charge >= 0.3 is 12.1 Å². The van der Waals surface area contributed by atoms with E-state index >= 15 is 0 Å². The molecule has 2 aromatic carbocycles. The van der Waals surface area contributed by atoms with Crippen molar-refractivity contribution in [3.8, 4) is 11.1 Å². The first-order valence-electron chi connectivity index (χ1n) is 12.6. The number of benzene rings is 2. The van der Waals surface area contributed by atoms with Gasteiger partial charge in [0.05, 0.1) is 6.42 Å². The second-order valence-corrected chi connectivity index (χ2v) is 10.1. The highest BCUT2D eigenvalue weighted by Gasteiger charge is 2.35. The van der Waals surface area contributed by atoms with Crippen molar-refractivity contribution in [2.75, 3.05) is 13.2 Å². The number of nitrogens with one attached hydrogen (secondary N) is 2. The number of hydrogen-bond acceptors (Lipinski definition) is 4. The van der Waals surface area contributed by atoms with Gasteiger partial charge in [0.2, 0.25) is 5.91 Å². The van der Waals surface area contributed by atoms with Crippen molar-refractivity contribution in [2.45, 2.75) is 50.5 Å². The minimum atomic E-state index is -0.815. The number of aliphatic carboxylic acids is 1. The lowest BCUT2D eigenvalue weighted by Crippen LogP contribution is -2.37. The fourth-order valence-electron chi connectivity index (χ4n) is 5.73. The van der Waals surface area contributed by atoms with Crippen LogP contribution in [0.2, 0.25) is 0 Å². The van der Waals surface area contributed by atoms with Crippen LogP contribution in [0, 0.1) is 17.8 Å². The average molecular weight is 477 g/mol. The first kappa shape index (κ1) is 23.4. The van der Waals surface area contributed by atoms with E-state index in [9.17, 15) is 14.4 Å². The van der Waals surface area contributed by atoms with Gasteiger partial charge in [0, 0.05) is 24.4 Å². The Kier molecular flexibility index (Phi) is 6.75. The van der Waals surface area contributed by atoms with Crippen LogP contribution in [0.4, 0.5) is 4.79 Å². The van der Waals surface area contributed by atoms with E-state index in [2.05, 4.69) is 34.9 Å². The molecule has 7 nitrogen and oxygen atoms in total. The summed E-state index contributed by atoms with van der Waals surface area (Å²) in [6.07, 6.45) is 3.74. The lowest BCUT2D eigenvalue weighted by Gasteiger charge is -2.18. The fraction of sp³-hybridized carbons (Fsp3) is 0.464. The van der Waals surface area contributed by atoms with Gasteiger partial charge in [-0.1, -0.05) is 48.5 Å². The van der Waals surface area contributed by atoms with Crippen molar-refractivity contribution in [3.05, 3.63) is 59.7 Å². The number of rotatable bonds is 9. The molecule has 2 fully saturated rings. The standard InChI is InChI=1S/C28H32N2O5/c31-26(32)14-19(17-9-10-17)15-29-27(33)18-11-12-20(13-18)30-28(34)35-16-25-23-7-3-1-5-21(23)22-6-2-4-8-24(22)25/h1-8,17-20,25H,9-16H2,(H,29,33)(H,30,34)(H,31,32)/t18-,19?,20+/m0/s1. The highest BCUT2D eigenvalue weighted by atomic mass is 16.5. The Morgan fingerprint density at radius 1 is 0.943 bits per heavy atom. The van der Waals surface area contributed by atoms with Gasteiger partial charge in [-0.3, -0.25) is 9.59 Å². The van der Waals surface area contributed by atoms with Crippen LogP contribution in [-0.4, -0.2) is 42.3 Å². The molecule has 0 aromatic heterocycles. The molecular formula is C28H32N2O5. The SMILES string of the molecule is O=C(O)CC(CNC(=O)[C@H]1CC[C@@H](NC(=O)OCC2c3ccccc3-c3ccccc32)C1)C1CC1. The topological polar surface area (TPSA) is 105 Å². The van der Waals surface area contributed by atoms with Gasteiger partial charge in [-0.2, -0.15) is 0 Å². The zero-order valence-electron chi connectivity index (χ0n) is 19.7. The maximum absolute atomic E-state index is 12.6. The van der Waals surface area contributed by atoms with Crippen molar-refractivity contribution in [2.24, 2.45) is 17.8 Å². The van der Waals surface area contributed by atoms with Gasteiger partial charge in [-0.05, 0) is 66.2 Å². The summed E-state index contributed by atoms with van der Waals surface area (Å²) < 4.78 is 5.64. The Bertz CT molecular complexity index is 1070. The summed E-state index contributed by atoms with van der Waals surface area (Å²) in [5.74, 6) is -0.591. The molecule has 3 atom stereocenters. The first-order valence-corrected chi connectivity index (χ1v) is 12.6. The van der Waals surface area contributed by atoms with Crippen LogP contribution in [0.5, 0.6) is 0 Å². The monoisotopic (exact) mass is 476 g/mol. The van der Waals surface area contributed by atoms with Crippen LogP contribution >= 0.6 is 0 Å². The summed E-state index contributed by atoms with van der Waals surface area (Å²) in [7, 11) is 0. The van der Waals surface area contributed by atoms with Gasteiger partial charge < -0.3 is 20.5 Å². The molecule has 5 rings (SSSR count). The molecule has 0 bridgehead atoms. The molecule has 0 saturated heterocycles. The quantitative estimate of drug-likeness (QED) is 0.500. The van der Waals surface area contributed by atoms with Gasteiger partial charge in [0.1, 0.15) is 6.61 Å². The molecule has 2 amide bonds. The first-order chi connectivity index (χ1) is 17.0. The number of alkyl carbamates (subject to hydrolysis) is 1. The molecule has 0 spiro atoms. The van der Waals surface area contributed by atoms with Crippen molar-refractivity contribution < 1.29 is 24.2 Å². The van der Waals surface area contributed by atoms with E-state index in [1.165, 1.54) is 22.3 Å². The number of amides is 2. The van der Waals surface area contributed by atoms with Crippen LogP contribution in [-0.2, 0) is 14.3 Å². The highest BCUT2D eigenvalue weighted by Crippen LogP contribution is 2.44. The summed E-state index contributed by atoms with van der Waals surface area (Å²) in [5, 5.41) is 15.0. The average Bonchev–Trinajstić information content (AvgIpc) is 3.51. The lowest BCUT2D eigenvalue weighted by atomic mass is 9.98. The molecule has 0 radical (unpaired) electrons. The maximum atomic E-state index is 12.6. The van der Waals surface area contributed by atoms with Crippen molar-refractivity contribution >= 4 is 18.0 Å². The highest BCUT2D eigenvalue weighted by molar-refractivity contribution is 5.80. The lowest BCUT2D eigenvalue weighted by molar-refractivity contribution is -0.138. The molecule has 184 valence electrons. The summed E-state index contributed by atoms with van der Waals surface area (Å²) in [6, 6.07) is 16.4. The molecule has 0 heterocycles. The molecule has 7 heteroatoms. The van der Waals surface area contributed by atoms with Crippen LogP contribution in [0.25, 0.3) is 11.1 Å². The predicted octanol–water partition coefficient (Wildman–Crippen LogP) is 4.31. The van der Waals surface area contributed by atoms with Crippen molar-refractivity contribution in [1.29, 1.82) is 0 Å². The van der Waals surface area contributed by atoms with Gasteiger partial charge in [0.15, 0.2) is 0 Å². The van der Waals surface area contributed by atoms with E-state index in [0.717, 1.165) is 19.3 Å². The van der Waals surface area contributed by atoms with Crippen molar-refractivity contribution in [1.82, 2.24) is 10.6 Å². The normalized spacial score (nSPS) is 21.6. The van der Waals surface area contributed by atoms with Gasteiger partial charge in [-0.15, -0.1) is 0 Å².